The zero-order valence-electron chi connectivity index (χ0n) is 12.3. The van der Waals surface area contributed by atoms with Crippen molar-refractivity contribution in [3.05, 3.63) is 28.2 Å². The zero-order valence-corrected chi connectivity index (χ0v) is 13.9. The molecule has 2 aliphatic rings. The molecule has 2 fully saturated rings. The van der Waals surface area contributed by atoms with Gasteiger partial charge in [-0.1, -0.05) is 15.9 Å². The Morgan fingerprint density at radius 3 is 2.67 bits per heavy atom. The van der Waals surface area contributed by atoms with Gasteiger partial charge in [0.1, 0.15) is 0 Å². The molecule has 2 unspecified atom stereocenters. The molecule has 0 spiro atoms. The Balaban J connectivity index is 1.57. The van der Waals surface area contributed by atoms with Crippen molar-refractivity contribution in [1.82, 2.24) is 10.2 Å². The van der Waals surface area contributed by atoms with Crippen LogP contribution >= 0.6 is 15.9 Å². The maximum Gasteiger partial charge on any atom is 0.253 e. The summed E-state index contributed by atoms with van der Waals surface area (Å²) in [7, 11) is 2.24. The Kier molecular flexibility index (Phi) is 4.22. The Bertz CT molecular complexity index is 534. The third-order valence-corrected chi connectivity index (χ3v) is 5.50. The topological polar surface area (TPSA) is 58.4 Å². The minimum absolute atomic E-state index is 0.0636. The van der Waals surface area contributed by atoms with Gasteiger partial charge >= 0.3 is 0 Å². The van der Waals surface area contributed by atoms with Gasteiger partial charge in [0.2, 0.25) is 0 Å². The molecule has 1 aromatic carbocycles. The summed E-state index contributed by atoms with van der Waals surface area (Å²) in [6.45, 7) is 0.759. The molecule has 0 aromatic heterocycles. The van der Waals surface area contributed by atoms with Crippen molar-refractivity contribution in [2.45, 2.75) is 37.8 Å². The molecular weight excluding hydrogens is 330 g/mol. The van der Waals surface area contributed by atoms with E-state index >= 15 is 0 Å². The zero-order chi connectivity index (χ0) is 15.0. The third-order valence-electron chi connectivity index (χ3n) is 5.01. The number of carbonyl (C=O) groups is 1. The molecule has 0 aliphatic carbocycles. The predicted octanol–water partition coefficient (Wildman–Crippen LogP) is 2.63. The van der Waals surface area contributed by atoms with Crippen LogP contribution < -0.4 is 11.1 Å². The van der Waals surface area contributed by atoms with Crippen LogP contribution in [0.4, 0.5) is 5.69 Å². The van der Waals surface area contributed by atoms with Crippen LogP contribution in [0.25, 0.3) is 0 Å². The summed E-state index contributed by atoms with van der Waals surface area (Å²) in [5.74, 6) is 0.533. The van der Waals surface area contributed by atoms with Gasteiger partial charge in [-0.25, -0.2) is 0 Å². The molecule has 3 N–H and O–H groups in total. The molecule has 2 bridgehead atoms. The Hall–Kier alpha value is -1.07. The van der Waals surface area contributed by atoms with Crippen molar-refractivity contribution in [3.8, 4) is 0 Å². The molecule has 114 valence electrons. The first kappa shape index (κ1) is 14.9. The van der Waals surface area contributed by atoms with Crippen LogP contribution in [-0.2, 0) is 0 Å². The monoisotopic (exact) mass is 351 g/mol. The van der Waals surface area contributed by atoms with Gasteiger partial charge in [0.05, 0.1) is 5.56 Å². The number of halogens is 1. The van der Waals surface area contributed by atoms with E-state index in [4.69, 9.17) is 5.73 Å². The second kappa shape index (κ2) is 5.97. The maximum absolute atomic E-state index is 12.2. The van der Waals surface area contributed by atoms with Crippen LogP contribution in [0.1, 0.15) is 36.0 Å². The van der Waals surface area contributed by atoms with Crippen molar-refractivity contribution >= 4 is 27.5 Å². The predicted molar refractivity (Wildman–Crippen MR) is 88.2 cm³/mol. The Morgan fingerprint density at radius 1 is 1.38 bits per heavy atom. The van der Waals surface area contributed by atoms with Crippen LogP contribution in [0.5, 0.6) is 0 Å². The summed E-state index contributed by atoms with van der Waals surface area (Å²) in [6.07, 6.45) is 5.02. The van der Waals surface area contributed by atoms with E-state index < -0.39 is 0 Å². The number of nitrogens with two attached hydrogens (primary N) is 1. The molecule has 5 heteroatoms. The van der Waals surface area contributed by atoms with Crippen LogP contribution in [-0.4, -0.2) is 36.5 Å². The number of anilines is 1. The molecule has 2 heterocycles. The number of benzene rings is 1. The lowest BCUT2D eigenvalue weighted by Crippen LogP contribution is -2.43. The highest BCUT2D eigenvalue weighted by atomic mass is 79.9. The van der Waals surface area contributed by atoms with E-state index in [-0.39, 0.29) is 5.91 Å². The third kappa shape index (κ3) is 3.09. The summed E-state index contributed by atoms with van der Waals surface area (Å²) in [4.78, 5) is 14.8. The fourth-order valence-electron chi connectivity index (χ4n) is 3.76. The van der Waals surface area contributed by atoms with Crippen LogP contribution in [0.2, 0.25) is 0 Å². The van der Waals surface area contributed by atoms with Crippen molar-refractivity contribution in [2.75, 3.05) is 19.3 Å². The number of amides is 1. The second-order valence-corrected chi connectivity index (χ2v) is 7.25. The molecule has 2 saturated heterocycles. The minimum Gasteiger partial charge on any atom is -0.398 e. The SMILES string of the molecule is CN1C2CCC1CC(CNC(=O)c1ccc(Br)cc1N)C2. The van der Waals surface area contributed by atoms with E-state index in [0.29, 0.717) is 29.3 Å². The van der Waals surface area contributed by atoms with Crippen molar-refractivity contribution < 1.29 is 4.79 Å². The normalized spacial score (nSPS) is 28.6. The fraction of sp³-hybridized carbons (Fsp3) is 0.562. The highest BCUT2D eigenvalue weighted by molar-refractivity contribution is 9.10. The van der Waals surface area contributed by atoms with E-state index in [1.807, 2.05) is 6.07 Å². The molecular formula is C16H22BrN3O. The number of rotatable bonds is 3. The molecule has 1 amide bonds. The van der Waals surface area contributed by atoms with Crippen molar-refractivity contribution in [3.63, 3.8) is 0 Å². The lowest BCUT2D eigenvalue weighted by Gasteiger charge is -2.36. The quantitative estimate of drug-likeness (QED) is 0.823. The maximum atomic E-state index is 12.2. The molecule has 2 atom stereocenters. The number of nitrogen functional groups attached to an aromatic ring is 1. The first-order chi connectivity index (χ1) is 10.0. The summed E-state index contributed by atoms with van der Waals surface area (Å²) >= 11 is 3.36. The van der Waals surface area contributed by atoms with Gasteiger partial charge in [0, 0.05) is 28.8 Å². The Labute approximate surface area is 134 Å². The number of hydrogen-bond donors (Lipinski definition) is 2. The summed E-state index contributed by atoms with van der Waals surface area (Å²) < 4.78 is 0.892. The van der Waals surface area contributed by atoms with Gasteiger partial charge in [-0.05, 0) is 56.8 Å². The minimum atomic E-state index is -0.0636. The summed E-state index contributed by atoms with van der Waals surface area (Å²) in [5.41, 5.74) is 6.99. The Morgan fingerprint density at radius 2 is 2.05 bits per heavy atom. The molecule has 3 rings (SSSR count). The number of hydrogen-bond acceptors (Lipinski definition) is 3. The van der Waals surface area contributed by atoms with Crippen LogP contribution in [0, 0.1) is 5.92 Å². The van der Waals surface area contributed by atoms with E-state index in [0.717, 1.165) is 11.0 Å². The largest absolute Gasteiger partial charge is 0.398 e. The molecule has 21 heavy (non-hydrogen) atoms. The van der Waals surface area contributed by atoms with Gasteiger partial charge in [0.25, 0.3) is 5.91 Å². The lowest BCUT2D eigenvalue weighted by atomic mass is 9.91. The number of piperidine rings is 1. The van der Waals surface area contributed by atoms with Gasteiger partial charge in [-0.2, -0.15) is 0 Å². The van der Waals surface area contributed by atoms with Crippen LogP contribution in [0.3, 0.4) is 0 Å². The first-order valence-electron chi connectivity index (χ1n) is 7.59. The van der Waals surface area contributed by atoms with Gasteiger partial charge in [0.15, 0.2) is 0 Å². The second-order valence-electron chi connectivity index (χ2n) is 6.33. The summed E-state index contributed by atoms with van der Waals surface area (Å²) in [5, 5.41) is 3.06. The van der Waals surface area contributed by atoms with Gasteiger partial charge in [-0.3, -0.25) is 4.79 Å². The summed E-state index contributed by atoms with van der Waals surface area (Å²) in [6, 6.07) is 6.81. The van der Waals surface area contributed by atoms with Crippen molar-refractivity contribution in [2.24, 2.45) is 5.92 Å². The average molecular weight is 352 g/mol. The lowest BCUT2D eigenvalue weighted by molar-refractivity contribution is 0.0918. The highest BCUT2D eigenvalue weighted by Gasteiger charge is 2.38. The van der Waals surface area contributed by atoms with Crippen molar-refractivity contribution in [1.29, 1.82) is 0 Å². The van der Waals surface area contributed by atoms with E-state index in [9.17, 15) is 4.79 Å². The number of fused-ring (bicyclic) bond motifs is 2. The van der Waals surface area contributed by atoms with E-state index in [1.165, 1.54) is 25.7 Å². The fourth-order valence-corrected chi connectivity index (χ4v) is 4.14. The molecule has 2 aliphatic heterocycles. The number of nitrogens with zero attached hydrogens (tertiary/aromatic N) is 1. The van der Waals surface area contributed by atoms with E-state index in [2.05, 4.69) is 33.2 Å². The molecule has 1 aromatic rings. The number of carbonyl (C=O) groups excluding carboxylic acids is 1. The molecule has 0 saturated carbocycles. The molecule has 4 nitrogen and oxygen atoms in total. The van der Waals surface area contributed by atoms with Crippen LogP contribution in [0.15, 0.2) is 22.7 Å². The number of nitrogens with one attached hydrogen (secondary N) is 1. The smallest absolute Gasteiger partial charge is 0.253 e. The molecule has 0 radical (unpaired) electrons. The highest BCUT2D eigenvalue weighted by Crippen LogP contribution is 2.37. The average Bonchev–Trinajstić information content (AvgIpc) is 2.67. The van der Waals surface area contributed by atoms with E-state index in [1.54, 1.807) is 12.1 Å². The first-order valence-corrected chi connectivity index (χ1v) is 8.39. The van der Waals surface area contributed by atoms with Gasteiger partial charge < -0.3 is 16.0 Å². The van der Waals surface area contributed by atoms with Gasteiger partial charge in [-0.15, -0.1) is 0 Å². The standard InChI is InChI=1S/C16H22BrN3O/c1-20-12-3-4-13(20)7-10(6-12)9-19-16(21)14-5-2-11(17)8-15(14)18/h2,5,8,10,12-13H,3-4,6-7,9,18H2,1H3,(H,19,21).